The number of hydrogen-bond donors (Lipinski definition) is 0. The molecule has 112 valence electrons. The number of nitrogens with zero attached hydrogens (tertiary/aromatic N) is 3. The Balaban J connectivity index is 2.48. The van der Waals surface area contributed by atoms with Gasteiger partial charge in [0.05, 0.1) is 17.6 Å². The van der Waals surface area contributed by atoms with Crippen molar-refractivity contribution in [1.82, 2.24) is 3.11 Å². The lowest BCUT2D eigenvalue weighted by atomic mass is 9.95. The van der Waals surface area contributed by atoms with Crippen LogP contribution < -0.4 is 0 Å². The van der Waals surface area contributed by atoms with E-state index in [2.05, 4.69) is 11.3 Å². The van der Waals surface area contributed by atoms with Crippen LogP contribution in [0.15, 0.2) is 44.3 Å². The summed E-state index contributed by atoms with van der Waals surface area (Å²) >= 11 is 5.54. The van der Waals surface area contributed by atoms with Crippen molar-refractivity contribution in [2.24, 2.45) is 13.6 Å². The van der Waals surface area contributed by atoms with Crippen LogP contribution in [0.5, 0.6) is 0 Å². The molecule has 0 aliphatic carbocycles. The number of halogens is 2. The van der Waals surface area contributed by atoms with Crippen molar-refractivity contribution in [2.75, 3.05) is 7.05 Å². The second kappa shape index (κ2) is 6.36. The molecular weight excluding hydrogens is 401 g/mol. The fourth-order valence-corrected chi connectivity index (χ4v) is 3.08. The highest BCUT2D eigenvalue weighted by Crippen LogP contribution is 2.28. The number of amides is 1. The van der Waals surface area contributed by atoms with Gasteiger partial charge in [0.1, 0.15) is 21.3 Å². The van der Waals surface area contributed by atoms with Crippen molar-refractivity contribution in [3.8, 4) is 0 Å². The summed E-state index contributed by atoms with van der Waals surface area (Å²) in [7, 11) is 1.97. The van der Waals surface area contributed by atoms with E-state index in [4.69, 9.17) is 11.6 Å². The molecule has 2 rings (SSSR count). The number of aliphatic imine (C=N–C) groups is 1. The Hall–Kier alpha value is -1.08. The molecule has 1 amide bonds. The molecule has 0 fully saturated rings. The van der Waals surface area contributed by atoms with Gasteiger partial charge in [-0.25, -0.2) is 8.14 Å². The summed E-state index contributed by atoms with van der Waals surface area (Å²) in [5, 5.41) is 0.658. The Morgan fingerprint density at radius 3 is 2.38 bits per heavy atom. The van der Waals surface area contributed by atoms with E-state index in [1.54, 1.807) is 18.3 Å². The summed E-state index contributed by atoms with van der Waals surface area (Å²) in [4.78, 5) is 16.7. The van der Waals surface area contributed by atoms with E-state index < -0.39 is 26.7 Å². The molecule has 0 spiro atoms. The predicted molar refractivity (Wildman–Crippen MR) is 94.7 cm³/mol. The molecule has 0 atom stereocenters. The van der Waals surface area contributed by atoms with E-state index in [9.17, 15) is 4.79 Å². The molecule has 0 saturated heterocycles. The van der Waals surface area contributed by atoms with Crippen molar-refractivity contribution in [1.29, 1.82) is 0 Å². The van der Waals surface area contributed by atoms with Crippen LogP contribution in [0.25, 0.3) is 0 Å². The molecule has 0 N–H and O–H groups in total. The summed E-state index contributed by atoms with van der Waals surface area (Å²) in [5.41, 5.74) is 1.91. The van der Waals surface area contributed by atoms with Crippen LogP contribution in [0.3, 0.4) is 0 Å². The Bertz CT molecular complexity index is 642. The number of likely N-dealkylation sites (N-methyl/N-ethyl adjacent to an activating group) is 1. The van der Waals surface area contributed by atoms with Gasteiger partial charge in [-0.05, 0) is 12.1 Å². The topological polar surface area (TPSA) is 45.0 Å². The minimum absolute atomic E-state index is 0.146. The number of carbonyl (C=O) groups is 1. The van der Waals surface area contributed by atoms with Crippen LogP contribution in [0.1, 0.15) is 26.3 Å². The monoisotopic (exact) mass is 417 g/mol. The van der Waals surface area contributed by atoms with Crippen molar-refractivity contribution >= 4 is 44.5 Å². The summed E-state index contributed by atoms with van der Waals surface area (Å²) in [6.07, 6.45) is 1.80. The number of allylic oxidation sites excluding steroid dienone is 1. The first-order valence-corrected chi connectivity index (χ1v) is 8.78. The molecule has 4 nitrogen and oxygen atoms in total. The van der Waals surface area contributed by atoms with E-state index in [1.165, 1.54) is 0 Å². The molecule has 1 heterocycles. The standard InChI is InChI=1S/C15H17ClIN3O/c1-15(2,3)14(21)19-13(12-9-18-17-20(12)4)10-5-7-11(16)8-6-10/h5-9H,1-4H3. The molecule has 1 aliphatic heterocycles. The van der Waals surface area contributed by atoms with Gasteiger partial charge in [0.15, 0.2) is 0 Å². The minimum Gasteiger partial charge on any atom is -0.305 e. The second-order valence-electron chi connectivity index (χ2n) is 5.69. The molecule has 0 saturated carbocycles. The Labute approximate surface area is 140 Å². The number of benzene rings is 1. The molecule has 0 bridgehead atoms. The summed E-state index contributed by atoms with van der Waals surface area (Å²) in [5.74, 6) is -0.146. The van der Waals surface area contributed by atoms with Gasteiger partial charge in [0.25, 0.3) is 5.91 Å². The van der Waals surface area contributed by atoms with Gasteiger partial charge in [-0.3, -0.25) is 4.79 Å². The van der Waals surface area contributed by atoms with Gasteiger partial charge in [-0.15, -0.1) is 0 Å². The lowest BCUT2D eigenvalue weighted by Crippen LogP contribution is -2.22. The van der Waals surface area contributed by atoms with Crippen LogP contribution in [0, 0.1) is 5.41 Å². The normalized spacial score (nSPS) is 15.8. The van der Waals surface area contributed by atoms with Crippen LogP contribution in [-0.4, -0.2) is 21.8 Å². The first-order valence-electron chi connectivity index (χ1n) is 6.47. The fourth-order valence-electron chi connectivity index (χ4n) is 1.61. The maximum Gasteiger partial charge on any atom is 0.251 e. The van der Waals surface area contributed by atoms with Crippen molar-refractivity contribution in [3.63, 3.8) is 0 Å². The maximum atomic E-state index is 12.3. The first-order chi connectivity index (χ1) is 9.79. The third kappa shape index (κ3) is 3.97. The van der Waals surface area contributed by atoms with E-state index in [-0.39, 0.29) is 5.91 Å². The molecule has 0 radical (unpaired) electrons. The molecule has 0 aromatic heterocycles. The summed E-state index contributed by atoms with van der Waals surface area (Å²) in [6.45, 7) is 5.59. The van der Waals surface area contributed by atoms with E-state index in [0.29, 0.717) is 10.7 Å². The fraction of sp³-hybridized carbons (Fsp3) is 0.333. The highest BCUT2D eigenvalue weighted by atomic mass is 127. The molecule has 1 aromatic rings. The average Bonchev–Trinajstić information content (AvgIpc) is 2.82. The average molecular weight is 418 g/mol. The lowest BCUT2D eigenvalue weighted by molar-refractivity contribution is -0.124. The van der Waals surface area contributed by atoms with Crippen molar-refractivity contribution in [2.45, 2.75) is 20.8 Å². The van der Waals surface area contributed by atoms with Crippen LogP contribution in [0.4, 0.5) is 0 Å². The van der Waals surface area contributed by atoms with Crippen molar-refractivity contribution in [3.05, 3.63) is 46.7 Å². The van der Waals surface area contributed by atoms with E-state index in [1.807, 2.05) is 40.0 Å². The van der Waals surface area contributed by atoms with Gasteiger partial charge in [-0.2, -0.15) is 0 Å². The van der Waals surface area contributed by atoms with Gasteiger partial charge in [0.2, 0.25) is 0 Å². The van der Waals surface area contributed by atoms with Gasteiger partial charge >= 0.3 is 0 Å². The molecule has 1 aromatic carbocycles. The van der Waals surface area contributed by atoms with E-state index >= 15 is 0 Å². The maximum absolute atomic E-state index is 12.3. The van der Waals surface area contributed by atoms with Crippen LogP contribution in [0.2, 0.25) is 5.02 Å². The molecule has 1 aliphatic rings. The zero-order valence-electron chi connectivity index (χ0n) is 12.4. The number of hydrogen-bond acceptors (Lipinski definition) is 3. The first kappa shape index (κ1) is 16.3. The quantitative estimate of drug-likeness (QED) is 0.402. The summed E-state index contributed by atoms with van der Waals surface area (Å²) < 4.78 is 6.41. The summed E-state index contributed by atoms with van der Waals surface area (Å²) in [6, 6.07) is 7.36. The lowest BCUT2D eigenvalue weighted by Gasteiger charge is -2.17. The number of carbonyl (C=O) groups excluding carboxylic acids is 1. The van der Waals surface area contributed by atoms with Crippen LogP contribution >= 0.6 is 32.9 Å². The largest absolute Gasteiger partial charge is 0.305 e. The molecule has 0 unspecified atom stereocenters. The predicted octanol–water partition coefficient (Wildman–Crippen LogP) is 4.56. The zero-order valence-corrected chi connectivity index (χ0v) is 15.3. The third-order valence-corrected chi connectivity index (χ3v) is 4.82. The molecular formula is C15H17ClIN3O. The Morgan fingerprint density at radius 2 is 1.90 bits per heavy atom. The molecule has 21 heavy (non-hydrogen) atoms. The second-order valence-corrected chi connectivity index (χ2v) is 8.56. The SMILES string of the molecule is CN1I=NC=C1C(=NC(=O)C(C)(C)C)c1ccc(Cl)cc1. The minimum atomic E-state index is -0.512. The van der Waals surface area contributed by atoms with Gasteiger partial charge < -0.3 is 3.11 Å². The number of rotatable bonds is 2. The highest BCUT2D eigenvalue weighted by molar-refractivity contribution is 14.1. The van der Waals surface area contributed by atoms with Gasteiger partial charge in [-0.1, -0.05) is 44.5 Å². The van der Waals surface area contributed by atoms with E-state index in [0.717, 1.165) is 11.3 Å². The molecule has 6 heteroatoms. The van der Waals surface area contributed by atoms with Crippen molar-refractivity contribution < 1.29 is 4.79 Å². The zero-order chi connectivity index (χ0) is 15.6. The Kier molecular flexibility index (Phi) is 4.93. The highest BCUT2D eigenvalue weighted by Gasteiger charge is 2.24. The Morgan fingerprint density at radius 1 is 1.29 bits per heavy atom. The van der Waals surface area contributed by atoms with Crippen LogP contribution in [-0.2, 0) is 4.79 Å². The smallest absolute Gasteiger partial charge is 0.251 e. The van der Waals surface area contributed by atoms with Gasteiger partial charge in [0, 0.05) is 23.0 Å². The third-order valence-electron chi connectivity index (χ3n) is 2.88.